The molecular formula is C20H23N3O5S. The molecule has 1 saturated heterocycles. The summed E-state index contributed by atoms with van der Waals surface area (Å²) < 4.78 is 16.9. The zero-order valence-corrected chi connectivity index (χ0v) is 16.7. The van der Waals surface area contributed by atoms with Crippen LogP contribution in [0.4, 0.5) is 0 Å². The Labute approximate surface area is 173 Å². The van der Waals surface area contributed by atoms with Crippen LogP contribution in [0.15, 0.2) is 64.6 Å². The average molecular weight is 417 g/mol. The Morgan fingerprint density at radius 1 is 1.17 bits per heavy atom. The van der Waals surface area contributed by atoms with Crippen LogP contribution in [0.3, 0.4) is 0 Å². The largest absolute Gasteiger partial charge is 0.497 e. The zero-order chi connectivity index (χ0) is 20.6. The Bertz CT molecular complexity index is 817. The number of rotatable bonds is 8. The van der Waals surface area contributed by atoms with Gasteiger partial charge in [0.2, 0.25) is 0 Å². The van der Waals surface area contributed by atoms with Crippen LogP contribution in [0.2, 0.25) is 0 Å². The van der Waals surface area contributed by atoms with Gasteiger partial charge in [-0.1, -0.05) is 47.2 Å². The van der Waals surface area contributed by atoms with Gasteiger partial charge in [-0.2, -0.15) is 0 Å². The summed E-state index contributed by atoms with van der Waals surface area (Å²) in [7, 11) is 1.59. The fraction of sp³-hybridized carbons (Fsp3) is 0.400. The van der Waals surface area contributed by atoms with Crippen molar-refractivity contribution in [1.29, 1.82) is 0 Å². The highest BCUT2D eigenvalue weighted by Gasteiger charge is 2.45. The van der Waals surface area contributed by atoms with E-state index >= 15 is 0 Å². The molecule has 2 aromatic carbocycles. The Morgan fingerprint density at radius 2 is 1.90 bits per heavy atom. The minimum absolute atomic E-state index is 0.198. The fourth-order valence-electron chi connectivity index (χ4n) is 3.07. The van der Waals surface area contributed by atoms with Crippen molar-refractivity contribution in [3.8, 4) is 5.75 Å². The molecule has 0 radical (unpaired) electrons. The summed E-state index contributed by atoms with van der Waals surface area (Å²) >= 11 is 1.36. The van der Waals surface area contributed by atoms with Gasteiger partial charge < -0.3 is 24.4 Å². The third kappa shape index (κ3) is 5.42. The van der Waals surface area contributed by atoms with Crippen LogP contribution < -0.4 is 4.74 Å². The second-order valence-electron chi connectivity index (χ2n) is 6.47. The Morgan fingerprint density at radius 3 is 2.52 bits per heavy atom. The fourth-order valence-corrected chi connectivity index (χ4v) is 4.20. The van der Waals surface area contributed by atoms with E-state index in [1.54, 1.807) is 7.11 Å². The minimum atomic E-state index is -1.14. The molecule has 0 aromatic heterocycles. The van der Waals surface area contributed by atoms with Crippen LogP contribution in [-0.4, -0.2) is 53.7 Å². The van der Waals surface area contributed by atoms with Gasteiger partial charge in [-0.25, -0.2) is 0 Å². The SMILES string of the molecule is COc1ccc(CO[C@H]2[C@@H](O)[C@@H](CO)O[C@@H](Sc3ccccc3)[C@@H]2N=[N+]=[N-])cc1. The van der Waals surface area contributed by atoms with Crippen molar-refractivity contribution >= 4 is 11.8 Å². The third-order valence-electron chi connectivity index (χ3n) is 4.60. The van der Waals surface area contributed by atoms with E-state index in [-0.39, 0.29) is 13.2 Å². The van der Waals surface area contributed by atoms with Gasteiger partial charge in [-0.3, -0.25) is 0 Å². The van der Waals surface area contributed by atoms with E-state index in [0.29, 0.717) is 0 Å². The van der Waals surface area contributed by atoms with E-state index < -0.39 is 29.8 Å². The summed E-state index contributed by atoms with van der Waals surface area (Å²) in [5.74, 6) is 0.728. The molecule has 1 aliphatic heterocycles. The second-order valence-corrected chi connectivity index (χ2v) is 7.64. The van der Waals surface area contributed by atoms with Crippen LogP contribution in [0.1, 0.15) is 5.56 Å². The lowest BCUT2D eigenvalue weighted by Crippen LogP contribution is -2.57. The number of benzene rings is 2. The first-order valence-electron chi connectivity index (χ1n) is 9.11. The number of aliphatic hydroxyl groups excluding tert-OH is 2. The van der Waals surface area contributed by atoms with Crippen molar-refractivity contribution in [2.75, 3.05) is 13.7 Å². The quantitative estimate of drug-likeness (QED) is 0.387. The molecule has 2 aromatic rings. The number of azide groups is 1. The van der Waals surface area contributed by atoms with Gasteiger partial charge >= 0.3 is 0 Å². The Kier molecular flexibility index (Phi) is 7.76. The number of methoxy groups -OCH3 is 1. The molecule has 1 fully saturated rings. The van der Waals surface area contributed by atoms with E-state index in [4.69, 9.17) is 19.7 Å². The smallest absolute Gasteiger partial charge is 0.119 e. The summed E-state index contributed by atoms with van der Waals surface area (Å²) in [6.45, 7) is -0.178. The van der Waals surface area contributed by atoms with Crippen molar-refractivity contribution < 1.29 is 24.4 Å². The molecule has 9 heteroatoms. The van der Waals surface area contributed by atoms with Crippen molar-refractivity contribution in [1.82, 2.24) is 0 Å². The molecule has 0 saturated carbocycles. The summed E-state index contributed by atoms with van der Waals surface area (Å²) in [4.78, 5) is 3.84. The van der Waals surface area contributed by atoms with Crippen LogP contribution in [-0.2, 0) is 16.1 Å². The lowest BCUT2D eigenvalue weighted by Gasteiger charge is -2.42. The molecule has 0 bridgehead atoms. The number of nitrogens with zero attached hydrogens (tertiary/aromatic N) is 3. The lowest BCUT2D eigenvalue weighted by atomic mass is 9.98. The number of aliphatic hydroxyl groups is 2. The van der Waals surface area contributed by atoms with Crippen LogP contribution >= 0.6 is 11.8 Å². The molecule has 0 unspecified atom stereocenters. The molecule has 29 heavy (non-hydrogen) atoms. The van der Waals surface area contributed by atoms with Crippen LogP contribution in [0.25, 0.3) is 10.4 Å². The van der Waals surface area contributed by atoms with Crippen LogP contribution in [0, 0.1) is 0 Å². The Hall–Kier alpha value is -2.26. The number of thioether (sulfide) groups is 1. The predicted molar refractivity (Wildman–Crippen MR) is 109 cm³/mol. The van der Waals surface area contributed by atoms with Gasteiger partial charge in [-0.05, 0) is 35.4 Å². The second kappa shape index (κ2) is 10.5. The molecule has 0 amide bonds. The van der Waals surface area contributed by atoms with Gasteiger partial charge in [0.25, 0.3) is 0 Å². The maximum absolute atomic E-state index is 10.6. The average Bonchev–Trinajstić information content (AvgIpc) is 2.76. The summed E-state index contributed by atoms with van der Waals surface area (Å²) in [5, 5.41) is 24.2. The first-order chi connectivity index (χ1) is 14.2. The van der Waals surface area contributed by atoms with E-state index in [1.165, 1.54) is 11.8 Å². The molecule has 3 rings (SSSR count). The maximum Gasteiger partial charge on any atom is 0.119 e. The minimum Gasteiger partial charge on any atom is -0.497 e. The highest BCUT2D eigenvalue weighted by Crippen LogP contribution is 2.36. The third-order valence-corrected chi connectivity index (χ3v) is 5.77. The zero-order valence-electron chi connectivity index (χ0n) is 15.9. The van der Waals surface area contributed by atoms with Crippen molar-refractivity contribution in [3.05, 3.63) is 70.6 Å². The van der Waals surface area contributed by atoms with Crippen LogP contribution in [0.5, 0.6) is 5.75 Å². The first kappa shape index (κ1) is 21.4. The molecule has 8 nitrogen and oxygen atoms in total. The first-order valence-corrected chi connectivity index (χ1v) is 9.99. The molecule has 0 spiro atoms. The van der Waals surface area contributed by atoms with Crippen molar-refractivity contribution in [2.45, 2.75) is 41.3 Å². The standard InChI is InChI=1S/C20H23N3O5S/c1-26-14-9-7-13(8-10-14)12-27-19-17(22-23-21)20(28-16(11-24)18(19)25)29-15-5-3-2-4-6-15/h2-10,16-20,24-25H,11-12H2,1H3/t16-,17-,18+,19-,20+/m1/s1. The van der Waals surface area contributed by atoms with E-state index in [9.17, 15) is 10.2 Å². The van der Waals surface area contributed by atoms with Gasteiger partial charge in [0.05, 0.1) is 26.4 Å². The number of hydrogen-bond acceptors (Lipinski definition) is 7. The normalized spacial score (nSPS) is 26.5. The Balaban J connectivity index is 1.79. The molecule has 1 heterocycles. The molecular weight excluding hydrogens is 394 g/mol. The predicted octanol–water partition coefficient (Wildman–Crippen LogP) is 3.13. The molecule has 1 aliphatic rings. The van der Waals surface area contributed by atoms with Gasteiger partial charge in [0.1, 0.15) is 29.4 Å². The topological polar surface area (TPSA) is 117 Å². The highest BCUT2D eigenvalue weighted by molar-refractivity contribution is 7.99. The monoisotopic (exact) mass is 417 g/mol. The van der Waals surface area contributed by atoms with Gasteiger partial charge in [0, 0.05) is 9.81 Å². The van der Waals surface area contributed by atoms with Gasteiger partial charge in [0.15, 0.2) is 0 Å². The maximum atomic E-state index is 10.6. The molecule has 5 atom stereocenters. The lowest BCUT2D eigenvalue weighted by molar-refractivity contribution is -0.185. The van der Waals surface area contributed by atoms with Gasteiger partial charge in [-0.15, -0.1) is 0 Å². The highest BCUT2D eigenvalue weighted by atomic mass is 32.2. The molecule has 0 aliphatic carbocycles. The molecule has 2 N–H and O–H groups in total. The van der Waals surface area contributed by atoms with E-state index in [1.807, 2.05) is 54.6 Å². The summed E-state index contributed by atoms with van der Waals surface area (Å²) in [6.07, 6.45) is -2.82. The summed E-state index contributed by atoms with van der Waals surface area (Å²) in [6, 6.07) is 16.1. The van der Waals surface area contributed by atoms with E-state index in [0.717, 1.165) is 16.2 Å². The molecule has 154 valence electrons. The van der Waals surface area contributed by atoms with E-state index in [2.05, 4.69) is 10.0 Å². The van der Waals surface area contributed by atoms with Crippen molar-refractivity contribution in [2.24, 2.45) is 5.11 Å². The number of ether oxygens (including phenoxy) is 3. The van der Waals surface area contributed by atoms with Crippen molar-refractivity contribution in [3.63, 3.8) is 0 Å². The number of hydrogen-bond donors (Lipinski definition) is 2. The summed E-state index contributed by atoms with van der Waals surface area (Å²) in [5.41, 5.74) is 9.32.